The second-order valence-electron chi connectivity index (χ2n) is 3.96. The summed E-state index contributed by atoms with van der Waals surface area (Å²) in [6.45, 7) is 4.02. The third kappa shape index (κ3) is 4.94. The Balaban J connectivity index is 2.13. The molecule has 6 heteroatoms. The van der Waals surface area contributed by atoms with E-state index < -0.39 is 9.84 Å². The molecule has 0 aromatic heterocycles. The summed E-state index contributed by atoms with van der Waals surface area (Å²) in [7, 11) is -2.82. The predicted octanol–water partition coefficient (Wildman–Crippen LogP) is 0.0601. The van der Waals surface area contributed by atoms with E-state index in [9.17, 15) is 13.2 Å². The van der Waals surface area contributed by atoms with Gasteiger partial charge in [0.25, 0.3) is 0 Å². The fraction of sp³-hybridized carbons (Fsp3) is 0.900. The van der Waals surface area contributed by atoms with Gasteiger partial charge in [0.1, 0.15) is 6.61 Å². The molecule has 1 fully saturated rings. The molecule has 0 unspecified atom stereocenters. The van der Waals surface area contributed by atoms with Crippen LogP contribution in [0.5, 0.6) is 0 Å². The minimum atomic E-state index is -2.82. The van der Waals surface area contributed by atoms with Crippen LogP contribution in [0.3, 0.4) is 0 Å². The second-order valence-corrected chi connectivity index (χ2v) is 6.27. The normalized spacial score (nSPS) is 20.6. The Bertz CT molecular complexity index is 312. The van der Waals surface area contributed by atoms with Crippen LogP contribution >= 0.6 is 0 Å². The molecule has 1 saturated heterocycles. The monoisotopic (exact) mass is 249 g/mol. The molecule has 1 heterocycles. The van der Waals surface area contributed by atoms with Gasteiger partial charge in [0, 0.05) is 26.1 Å². The smallest absolute Gasteiger partial charge is 0.305 e. The van der Waals surface area contributed by atoms with E-state index in [1.807, 2.05) is 11.8 Å². The van der Waals surface area contributed by atoms with Crippen molar-refractivity contribution in [3.8, 4) is 0 Å². The number of carbonyl (C=O) groups is 1. The van der Waals surface area contributed by atoms with Crippen LogP contribution in [-0.2, 0) is 19.4 Å². The average Bonchev–Trinajstić information content (AvgIpc) is 2.21. The fourth-order valence-electron chi connectivity index (χ4n) is 1.54. The van der Waals surface area contributed by atoms with Crippen molar-refractivity contribution in [1.82, 2.24) is 4.90 Å². The third-order valence-electron chi connectivity index (χ3n) is 2.56. The Hall–Kier alpha value is -0.620. The highest BCUT2D eigenvalue weighted by atomic mass is 32.2. The fourth-order valence-corrected chi connectivity index (χ4v) is 2.82. The van der Waals surface area contributed by atoms with Crippen LogP contribution in [0.4, 0.5) is 0 Å². The van der Waals surface area contributed by atoms with Crippen molar-refractivity contribution >= 4 is 15.8 Å². The first-order chi connectivity index (χ1) is 7.53. The summed E-state index contributed by atoms with van der Waals surface area (Å²) in [6.07, 6.45) is 1.25. The minimum Gasteiger partial charge on any atom is -0.464 e. The molecule has 1 aliphatic rings. The Morgan fingerprint density at radius 2 is 1.94 bits per heavy atom. The molecule has 5 nitrogen and oxygen atoms in total. The van der Waals surface area contributed by atoms with E-state index in [1.165, 1.54) is 0 Å². The van der Waals surface area contributed by atoms with Crippen LogP contribution in [0.1, 0.15) is 19.8 Å². The molecule has 1 rings (SSSR count). The average molecular weight is 249 g/mol. The van der Waals surface area contributed by atoms with Gasteiger partial charge in [0.15, 0.2) is 9.84 Å². The Morgan fingerprint density at radius 1 is 1.31 bits per heavy atom. The standard InChI is InChI=1S/C10H19NO4S/c1-2-3-10(12)15-7-4-11-5-8-16(13,14)9-6-11/h2-9H2,1H3. The van der Waals surface area contributed by atoms with E-state index in [0.29, 0.717) is 32.7 Å². The Morgan fingerprint density at radius 3 is 2.50 bits per heavy atom. The van der Waals surface area contributed by atoms with E-state index in [2.05, 4.69) is 0 Å². The first-order valence-electron chi connectivity index (χ1n) is 5.62. The highest BCUT2D eigenvalue weighted by Crippen LogP contribution is 2.03. The molecule has 1 aliphatic heterocycles. The number of hydrogen-bond acceptors (Lipinski definition) is 5. The molecule has 0 radical (unpaired) electrons. The highest BCUT2D eigenvalue weighted by molar-refractivity contribution is 7.91. The number of rotatable bonds is 5. The van der Waals surface area contributed by atoms with Crippen molar-refractivity contribution < 1.29 is 17.9 Å². The molecule has 16 heavy (non-hydrogen) atoms. The molecule has 0 amide bonds. The maximum Gasteiger partial charge on any atom is 0.305 e. The summed E-state index contributed by atoms with van der Waals surface area (Å²) in [4.78, 5) is 13.1. The lowest BCUT2D eigenvalue weighted by molar-refractivity contribution is -0.144. The van der Waals surface area contributed by atoms with E-state index in [4.69, 9.17) is 4.74 Å². The van der Waals surface area contributed by atoms with Crippen molar-refractivity contribution in [2.75, 3.05) is 37.7 Å². The molecule has 0 aliphatic carbocycles. The first-order valence-corrected chi connectivity index (χ1v) is 7.44. The van der Waals surface area contributed by atoms with E-state index in [1.54, 1.807) is 0 Å². The molecule has 0 atom stereocenters. The van der Waals surface area contributed by atoms with Gasteiger partial charge < -0.3 is 4.74 Å². The van der Waals surface area contributed by atoms with Gasteiger partial charge in [-0.25, -0.2) is 8.42 Å². The maximum atomic E-state index is 11.2. The number of hydrogen-bond donors (Lipinski definition) is 0. The molecule has 0 spiro atoms. The lowest BCUT2D eigenvalue weighted by Gasteiger charge is -2.25. The van der Waals surface area contributed by atoms with Crippen LogP contribution in [0.25, 0.3) is 0 Å². The summed E-state index contributed by atoms with van der Waals surface area (Å²) >= 11 is 0. The highest BCUT2D eigenvalue weighted by Gasteiger charge is 2.21. The van der Waals surface area contributed by atoms with Crippen LogP contribution in [0, 0.1) is 0 Å². The molecule has 0 aromatic rings. The first kappa shape index (κ1) is 13.4. The topological polar surface area (TPSA) is 63.7 Å². The van der Waals surface area contributed by atoms with Crippen LogP contribution in [0.15, 0.2) is 0 Å². The number of sulfone groups is 1. The summed E-state index contributed by atoms with van der Waals surface area (Å²) in [5.41, 5.74) is 0. The second kappa shape index (κ2) is 6.20. The van der Waals surface area contributed by atoms with Crippen molar-refractivity contribution in [2.45, 2.75) is 19.8 Å². The number of esters is 1. The summed E-state index contributed by atoms with van der Waals surface area (Å²) < 4.78 is 27.3. The van der Waals surface area contributed by atoms with Gasteiger partial charge >= 0.3 is 5.97 Å². The largest absolute Gasteiger partial charge is 0.464 e. The predicted molar refractivity (Wildman–Crippen MR) is 61.0 cm³/mol. The van der Waals surface area contributed by atoms with E-state index in [-0.39, 0.29) is 17.5 Å². The van der Waals surface area contributed by atoms with Gasteiger partial charge in [-0.05, 0) is 6.42 Å². The Labute approximate surface area is 96.7 Å². The van der Waals surface area contributed by atoms with Gasteiger partial charge in [-0.15, -0.1) is 0 Å². The van der Waals surface area contributed by atoms with Crippen LogP contribution in [-0.4, -0.2) is 57.0 Å². The zero-order valence-corrected chi connectivity index (χ0v) is 10.5. The molecule has 94 valence electrons. The zero-order valence-electron chi connectivity index (χ0n) is 9.65. The van der Waals surface area contributed by atoms with Crippen LogP contribution in [0.2, 0.25) is 0 Å². The van der Waals surface area contributed by atoms with Crippen molar-refractivity contribution in [1.29, 1.82) is 0 Å². The quantitative estimate of drug-likeness (QED) is 0.645. The SMILES string of the molecule is CCCC(=O)OCCN1CCS(=O)(=O)CC1. The number of nitrogens with zero attached hydrogens (tertiary/aromatic N) is 1. The van der Waals surface area contributed by atoms with Crippen molar-refractivity contribution in [3.63, 3.8) is 0 Å². The van der Waals surface area contributed by atoms with Gasteiger partial charge in [-0.3, -0.25) is 9.69 Å². The molecule has 0 saturated carbocycles. The summed E-state index contributed by atoms with van der Waals surface area (Å²) in [5.74, 6) is 0.262. The number of ether oxygens (including phenoxy) is 1. The van der Waals surface area contributed by atoms with Crippen molar-refractivity contribution in [2.24, 2.45) is 0 Å². The molecular formula is C10H19NO4S. The summed E-state index contributed by atoms with van der Waals surface area (Å²) in [6, 6.07) is 0. The van der Waals surface area contributed by atoms with Crippen molar-refractivity contribution in [3.05, 3.63) is 0 Å². The molecule has 0 aromatic carbocycles. The van der Waals surface area contributed by atoms with E-state index in [0.717, 1.165) is 6.42 Å². The van der Waals surface area contributed by atoms with Gasteiger partial charge in [-0.2, -0.15) is 0 Å². The number of carbonyl (C=O) groups excluding carboxylic acids is 1. The zero-order chi connectivity index (χ0) is 12.0. The summed E-state index contributed by atoms with van der Waals surface area (Å²) in [5, 5.41) is 0. The maximum absolute atomic E-state index is 11.2. The van der Waals surface area contributed by atoms with E-state index >= 15 is 0 Å². The van der Waals surface area contributed by atoms with Gasteiger partial charge in [-0.1, -0.05) is 6.92 Å². The lowest BCUT2D eigenvalue weighted by Crippen LogP contribution is -2.41. The van der Waals surface area contributed by atoms with Gasteiger partial charge in [0.05, 0.1) is 11.5 Å². The molecule has 0 N–H and O–H groups in total. The minimum absolute atomic E-state index is 0.174. The molecule has 0 bridgehead atoms. The third-order valence-corrected chi connectivity index (χ3v) is 4.17. The molecular weight excluding hydrogens is 230 g/mol. The lowest BCUT2D eigenvalue weighted by atomic mass is 10.3. The van der Waals surface area contributed by atoms with Gasteiger partial charge in [0.2, 0.25) is 0 Å². The van der Waals surface area contributed by atoms with Crippen LogP contribution < -0.4 is 0 Å². The Kier molecular flexibility index (Phi) is 5.21.